The molecule has 0 aliphatic carbocycles. The number of aromatic hydroxyl groups is 1. The quantitative estimate of drug-likeness (QED) is 0.823. The number of ether oxygens (including phenoxy) is 1. The Balaban J connectivity index is 0.00000220. The summed E-state index contributed by atoms with van der Waals surface area (Å²) in [5.41, 5.74) is 0.544. The van der Waals surface area contributed by atoms with Gasteiger partial charge in [-0.15, -0.1) is 5.46 Å². The van der Waals surface area contributed by atoms with Gasteiger partial charge in [0.05, 0.1) is 0 Å². The Labute approximate surface area is 163 Å². The van der Waals surface area contributed by atoms with Gasteiger partial charge in [-0.3, -0.25) is 0 Å². The number of benzene rings is 2. The van der Waals surface area contributed by atoms with Crippen molar-refractivity contribution in [3.63, 3.8) is 0 Å². The number of hydrogen-bond donors (Lipinski definition) is 1. The van der Waals surface area contributed by atoms with Crippen molar-refractivity contribution in [2.75, 3.05) is 0 Å². The van der Waals surface area contributed by atoms with Gasteiger partial charge in [-0.25, -0.2) is 0 Å². The van der Waals surface area contributed by atoms with Crippen LogP contribution in [0.2, 0.25) is 0 Å². The summed E-state index contributed by atoms with van der Waals surface area (Å²) < 4.78 is 43.2. The summed E-state index contributed by atoms with van der Waals surface area (Å²) in [4.78, 5) is 0. The number of phenols is 1. The largest absolute Gasteiger partial charge is 1.00 e. The number of hydrogen-bond acceptors (Lipinski definition) is 2. The Morgan fingerprint density at radius 3 is 2.38 bits per heavy atom. The van der Waals surface area contributed by atoms with Crippen LogP contribution in [0.3, 0.4) is 0 Å². The molecule has 0 fully saturated rings. The maximum atomic E-state index is 12.6. The molecule has 21 heavy (non-hydrogen) atoms. The first-order chi connectivity index (χ1) is 9.36. The molecule has 1 N–H and O–H groups in total. The molecular formula is C14H13BF3KO2. The summed E-state index contributed by atoms with van der Waals surface area (Å²) in [6.07, 6.45) is 0. The minimum Gasteiger partial charge on any atom is -0.508 e. The van der Waals surface area contributed by atoms with Gasteiger partial charge < -0.3 is 22.8 Å². The molecule has 7 heteroatoms. The van der Waals surface area contributed by atoms with E-state index in [0.717, 1.165) is 17.7 Å². The Morgan fingerprint density at radius 1 is 1.10 bits per heavy atom. The van der Waals surface area contributed by atoms with Crippen LogP contribution in [-0.2, 0) is 6.61 Å². The Bertz CT molecular complexity index is 617. The van der Waals surface area contributed by atoms with Crippen molar-refractivity contribution >= 4 is 12.4 Å². The molecule has 2 rings (SSSR count). The van der Waals surface area contributed by atoms with Gasteiger partial charge in [-0.05, 0) is 36.2 Å². The van der Waals surface area contributed by atoms with Crippen LogP contribution in [0, 0.1) is 6.92 Å². The second-order valence-electron chi connectivity index (χ2n) is 4.56. The van der Waals surface area contributed by atoms with E-state index in [2.05, 4.69) is 0 Å². The van der Waals surface area contributed by atoms with Crippen LogP contribution < -0.4 is 61.6 Å². The van der Waals surface area contributed by atoms with Gasteiger partial charge in [0.15, 0.2) is 0 Å². The van der Waals surface area contributed by atoms with E-state index in [9.17, 15) is 18.1 Å². The number of halogens is 3. The van der Waals surface area contributed by atoms with Crippen LogP contribution in [0.25, 0.3) is 0 Å². The van der Waals surface area contributed by atoms with Crippen molar-refractivity contribution in [2.24, 2.45) is 0 Å². The second-order valence-corrected chi connectivity index (χ2v) is 4.56. The van der Waals surface area contributed by atoms with Gasteiger partial charge in [0.1, 0.15) is 18.1 Å². The maximum Gasteiger partial charge on any atom is 1.00 e. The van der Waals surface area contributed by atoms with Crippen LogP contribution in [0.15, 0.2) is 42.5 Å². The van der Waals surface area contributed by atoms with Gasteiger partial charge in [-0.1, -0.05) is 24.3 Å². The molecule has 2 aromatic rings. The van der Waals surface area contributed by atoms with E-state index in [1.165, 1.54) is 12.1 Å². The second kappa shape index (κ2) is 7.69. The topological polar surface area (TPSA) is 29.5 Å². The predicted octanol–water partition coefficient (Wildman–Crippen LogP) is 0.338. The van der Waals surface area contributed by atoms with Crippen LogP contribution in [0.4, 0.5) is 12.9 Å². The third-order valence-corrected chi connectivity index (χ3v) is 2.88. The third kappa shape index (κ3) is 5.34. The Hall–Kier alpha value is -0.469. The molecule has 0 aliphatic heterocycles. The zero-order valence-electron chi connectivity index (χ0n) is 11.8. The van der Waals surface area contributed by atoms with Crippen LogP contribution in [0.5, 0.6) is 11.5 Å². The molecule has 0 saturated heterocycles. The van der Waals surface area contributed by atoms with Gasteiger partial charge in [0, 0.05) is 0 Å². The molecule has 0 bridgehead atoms. The van der Waals surface area contributed by atoms with E-state index in [1.807, 2.05) is 0 Å². The zero-order chi connectivity index (χ0) is 14.8. The number of phenolic OH excluding ortho intramolecular Hbond substituents is 1. The van der Waals surface area contributed by atoms with Crippen molar-refractivity contribution in [2.45, 2.75) is 13.5 Å². The van der Waals surface area contributed by atoms with Crippen molar-refractivity contribution in [1.29, 1.82) is 0 Å². The molecule has 2 nitrogen and oxygen atoms in total. The van der Waals surface area contributed by atoms with E-state index in [-0.39, 0.29) is 63.7 Å². The van der Waals surface area contributed by atoms with Gasteiger partial charge >= 0.3 is 58.4 Å². The van der Waals surface area contributed by atoms with E-state index < -0.39 is 12.4 Å². The van der Waals surface area contributed by atoms with Gasteiger partial charge in [0.2, 0.25) is 0 Å². The van der Waals surface area contributed by atoms with Crippen LogP contribution in [0.1, 0.15) is 11.1 Å². The number of aryl methyl sites for hydroxylation is 1. The predicted molar refractivity (Wildman–Crippen MR) is 72.3 cm³/mol. The monoisotopic (exact) mass is 320 g/mol. The van der Waals surface area contributed by atoms with Gasteiger partial charge in [0.25, 0.3) is 0 Å². The summed E-state index contributed by atoms with van der Waals surface area (Å²) in [7, 11) is 0. The zero-order valence-corrected chi connectivity index (χ0v) is 14.9. The van der Waals surface area contributed by atoms with Crippen molar-refractivity contribution in [1.82, 2.24) is 0 Å². The van der Waals surface area contributed by atoms with Gasteiger partial charge in [-0.2, -0.15) is 0 Å². The normalized spacial score (nSPS) is 10.9. The minimum atomic E-state index is -4.99. The third-order valence-electron chi connectivity index (χ3n) is 2.88. The fourth-order valence-electron chi connectivity index (χ4n) is 1.85. The molecule has 106 valence electrons. The molecule has 0 saturated carbocycles. The smallest absolute Gasteiger partial charge is 0.508 e. The molecule has 0 amide bonds. The fourth-order valence-corrected chi connectivity index (χ4v) is 1.85. The summed E-state index contributed by atoms with van der Waals surface area (Å²) in [6.45, 7) is -3.23. The molecule has 2 aromatic carbocycles. The van der Waals surface area contributed by atoms with Crippen LogP contribution in [-0.4, -0.2) is 12.1 Å². The molecular weight excluding hydrogens is 307 g/mol. The van der Waals surface area contributed by atoms with E-state index in [0.29, 0.717) is 11.3 Å². The molecule has 0 radical (unpaired) electrons. The first-order valence-electron chi connectivity index (χ1n) is 6.07. The Kier molecular flexibility index (Phi) is 6.80. The van der Waals surface area contributed by atoms with Crippen molar-refractivity contribution in [3.05, 3.63) is 53.6 Å². The summed E-state index contributed by atoms with van der Waals surface area (Å²) in [6, 6.07) is 9.95. The van der Waals surface area contributed by atoms with E-state index in [1.54, 1.807) is 25.1 Å². The summed E-state index contributed by atoms with van der Waals surface area (Å²) in [5, 5.41) is 9.31. The molecule has 0 heterocycles. The maximum absolute atomic E-state index is 12.6. The summed E-state index contributed by atoms with van der Waals surface area (Å²) >= 11 is 0. The Morgan fingerprint density at radius 2 is 1.81 bits per heavy atom. The average Bonchev–Trinajstić information content (AvgIpc) is 2.36. The van der Waals surface area contributed by atoms with Crippen molar-refractivity contribution in [3.8, 4) is 11.5 Å². The standard InChI is InChI=1S/C14H13BF3O2.K/c1-10-7-12(15(16,17)18)5-6-14(10)20-9-11-3-2-4-13(19)8-11;/h2-8,19H,9H2,1H3;/q-1;+1. The average molecular weight is 320 g/mol. The van der Waals surface area contributed by atoms with Crippen LogP contribution >= 0.6 is 0 Å². The minimum absolute atomic E-state index is 0. The fraction of sp³-hybridized carbons (Fsp3) is 0.143. The molecule has 0 spiro atoms. The summed E-state index contributed by atoms with van der Waals surface area (Å²) in [5.74, 6) is 0.523. The first-order valence-corrected chi connectivity index (χ1v) is 6.07. The number of rotatable bonds is 4. The molecule has 0 atom stereocenters. The van der Waals surface area contributed by atoms with Crippen molar-refractivity contribution < 1.29 is 74.2 Å². The first kappa shape index (κ1) is 18.6. The van der Waals surface area contributed by atoms with E-state index >= 15 is 0 Å². The SMILES string of the molecule is Cc1cc([B-](F)(F)F)ccc1OCc1cccc(O)c1.[K+]. The molecule has 0 unspecified atom stereocenters. The van der Waals surface area contributed by atoms with E-state index in [4.69, 9.17) is 4.74 Å². The molecule has 0 aliphatic rings. The molecule has 0 aromatic heterocycles.